The van der Waals surface area contributed by atoms with Gasteiger partial charge in [-0.2, -0.15) is 0 Å². The third-order valence-electron chi connectivity index (χ3n) is 2.63. The number of hydrogen-bond donors (Lipinski definition) is 1. The molecule has 2 rings (SSSR count). The quantitative estimate of drug-likeness (QED) is 0.784. The second-order valence-electron chi connectivity index (χ2n) is 4.29. The molecule has 0 atom stereocenters. The molecule has 4 heteroatoms. The molecule has 0 saturated heterocycles. The fraction of sp³-hybridized carbons (Fsp3) is 0.800. The molecule has 14 heavy (non-hydrogen) atoms. The summed E-state index contributed by atoms with van der Waals surface area (Å²) in [6.07, 6.45) is 3.36. The Morgan fingerprint density at radius 2 is 2.21 bits per heavy atom. The minimum absolute atomic E-state index is 0.493. The Kier molecular flexibility index (Phi) is 2.54. The zero-order valence-corrected chi connectivity index (χ0v) is 8.90. The molecule has 0 radical (unpaired) electrons. The Balaban J connectivity index is 2.31. The zero-order valence-electron chi connectivity index (χ0n) is 8.90. The predicted octanol–water partition coefficient (Wildman–Crippen LogP) is 1.24. The van der Waals surface area contributed by atoms with Crippen molar-refractivity contribution in [2.24, 2.45) is 5.73 Å². The van der Waals surface area contributed by atoms with E-state index in [4.69, 9.17) is 5.73 Å². The van der Waals surface area contributed by atoms with Crippen molar-refractivity contribution in [2.75, 3.05) is 6.54 Å². The van der Waals surface area contributed by atoms with Crippen LogP contribution in [-0.2, 0) is 6.42 Å². The molecule has 2 N–H and O–H groups in total. The van der Waals surface area contributed by atoms with Crippen molar-refractivity contribution in [2.45, 2.75) is 45.1 Å². The summed E-state index contributed by atoms with van der Waals surface area (Å²) in [4.78, 5) is 0. The van der Waals surface area contributed by atoms with Crippen molar-refractivity contribution in [3.8, 4) is 0 Å². The van der Waals surface area contributed by atoms with Gasteiger partial charge >= 0.3 is 0 Å². The second kappa shape index (κ2) is 3.69. The minimum Gasteiger partial charge on any atom is -0.330 e. The van der Waals surface area contributed by atoms with Crippen LogP contribution < -0.4 is 5.73 Å². The van der Waals surface area contributed by atoms with E-state index >= 15 is 0 Å². The van der Waals surface area contributed by atoms with Crippen LogP contribution in [0.1, 0.15) is 50.0 Å². The molecule has 0 amide bonds. The van der Waals surface area contributed by atoms with Gasteiger partial charge < -0.3 is 5.73 Å². The summed E-state index contributed by atoms with van der Waals surface area (Å²) < 4.78 is 2.11. The van der Waals surface area contributed by atoms with Gasteiger partial charge in [0.1, 0.15) is 0 Å². The van der Waals surface area contributed by atoms with E-state index in [-0.39, 0.29) is 0 Å². The van der Waals surface area contributed by atoms with Crippen LogP contribution in [0.15, 0.2) is 0 Å². The van der Waals surface area contributed by atoms with E-state index in [1.165, 1.54) is 18.5 Å². The highest BCUT2D eigenvalue weighted by atomic mass is 15.5. The molecule has 0 bridgehead atoms. The van der Waals surface area contributed by atoms with Gasteiger partial charge in [0.05, 0.1) is 17.4 Å². The standard InChI is InChI=1S/C10H18N4/c1-7(2)10-9(5-6-11)12-13-14(10)8-3-4-8/h7-8H,3-6,11H2,1-2H3. The lowest BCUT2D eigenvalue weighted by atomic mass is 10.1. The van der Waals surface area contributed by atoms with Crippen molar-refractivity contribution < 1.29 is 0 Å². The molecule has 1 fully saturated rings. The van der Waals surface area contributed by atoms with Gasteiger partial charge in [0.2, 0.25) is 0 Å². The van der Waals surface area contributed by atoms with Gasteiger partial charge in [0.25, 0.3) is 0 Å². The van der Waals surface area contributed by atoms with Crippen molar-refractivity contribution in [1.82, 2.24) is 15.0 Å². The molecule has 0 unspecified atom stereocenters. The summed E-state index contributed by atoms with van der Waals surface area (Å²) in [5.41, 5.74) is 7.94. The molecular formula is C10H18N4. The normalized spacial score (nSPS) is 16.6. The molecule has 0 aliphatic heterocycles. The first-order valence-electron chi connectivity index (χ1n) is 5.38. The maximum absolute atomic E-state index is 5.55. The van der Waals surface area contributed by atoms with Gasteiger partial charge in [-0.3, -0.25) is 0 Å². The van der Waals surface area contributed by atoms with Crippen molar-refractivity contribution in [3.63, 3.8) is 0 Å². The molecule has 1 aromatic rings. The maximum Gasteiger partial charge on any atom is 0.0874 e. The molecule has 1 saturated carbocycles. The van der Waals surface area contributed by atoms with E-state index in [0.29, 0.717) is 18.5 Å². The van der Waals surface area contributed by atoms with Gasteiger partial charge in [0.15, 0.2) is 0 Å². The molecular weight excluding hydrogens is 176 g/mol. The van der Waals surface area contributed by atoms with Gasteiger partial charge in [-0.1, -0.05) is 19.1 Å². The van der Waals surface area contributed by atoms with E-state index in [9.17, 15) is 0 Å². The molecule has 1 aliphatic rings. The third kappa shape index (κ3) is 1.66. The molecule has 4 nitrogen and oxygen atoms in total. The summed E-state index contributed by atoms with van der Waals surface area (Å²) in [5.74, 6) is 0.493. The number of hydrogen-bond acceptors (Lipinski definition) is 3. The zero-order chi connectivity index (χ0) is 10.1. The molecule has 0 aromatic carbocycles. The average molecular weight is 194 g/mol. The van der Waals surface area contributed by atoms with Crippen LogP contribution in [0, 0.1) is 0 Å². The topological polar surface area (TPSA) is 56.7 Å². The van der Waals surface area contributed by atoms with Gasteiger partial charge in [-0.15, -0.1) is 5.10 Å². The molecule has 1 heterocycles. The Hall–Kier alpha value is -0.900. The van der Waals surface area contributed by atoms with Gasteiger partial charge in [-0.25, -0.2) is 4.68 Å². The first kappa shape index (κ1) is 9.65. The van der Waals surface area contributed by atoms with Crippen LogP contribution in [-0.4, -0.2) is 21.5 Å². The summed E-state index contributed by atoms with van der Waals surface area (Å²) in [5, 5.41) is 8.45. The van der Waals surface area contributed by atoms with Crippen LogP contribution in [0.4, 0.5) is 0 Å². The number of nitrogens with two attached hydrogens (primary N) is 1. The number of rotatable bonds is 4. The van der Waals surface area contributed by atoms with Crippen molar-refractivity contribution >= 4 is 0 Å². The number of aromatic nitrogens is 3. The fourth-order valence-electron chi connectivity index (χ4n) is 1.84. The minimum atomic E-state index is 0.493. The average Bonchev–Trinajstić information content (AvgIpc) is 2.88. The van der Waals surface area contributed by atoms with Crippen LogP contribution >= 0.6 is 0 Å². The number of nitrogens with zero attached hydrogens (tertiary/aromatic N) is 3. The van der Waals surface area contributed by atoms with Gasteiger partial charge in [0, 0.05) is 6.42 Å². The Morgan fingerprint density at radius 1 is 1.50 bits per heavy atom. The van der Waals surface area contributed by atoms with Crippen LogP contribution in [0.5, 0.6) is 0 Å². The second-order valence-corrected chi connectivity index (χ2v) is 4.29. The van der Waals surface area contributed by atoms with Crippen LogP contribution in [0.2, 0.25) is 0 Å². The molecule has 78 valence electrons. The van der Waals surface area contributed by atoms with Crippen LogP contribution in [0.25, 0.3) is 0 Å². The van der Waals surface area contributed by atoms with E-state index in [1.54, 1.807) is 0 Å². The lowest BCUT2D eigenvalue weighted by Crippen LogP contribution is -2.09. The predicted molar refractivity (Wildman–Crippen MR) is 55.1 cm³/mol. The highest BCUT2D eigenvalue weighted by Crippen LogP contribution is 2.37. The molecule has 1 aromatic heterocycles. The summed E-state index contributed by atoms with van der Waals surface area (Å²) in [6.45, 7) is 5.04. The Morgan fingerprint density at radius 3 is 2.71 bits per heavy atom. The molecule has 0 spiro atoms. The van der Waals surface area contributed by atoms with E-state index < -0.39 is 0 Å². The summed E-state index contributed by atoms with van der Waals surface area (Å²) in [7, 11) is 0. The lowest BCUT2D eigenvalue weighted by molar-refractivity contribution is 0.565. The first-order valence-corrected chi connectivity index (χ1v) is 5.38. The third-order valence-corrected chi connectivity index (χ3v) is 2.63. The Bertz CT molecular complexity index is 312. The fourth-order valence-corrected chi connectivity index (χ4v) is 1.84. The highest BCUT2D eigenvalue weighted by molar-refractivity contribution is 5.16. The van der Waals surface area contributed by atoms with Crippen LogP contribution in [0.3, 0.4) is 0 Å². The lowest BCUT2D eigenvalue weighted by Gasteiger charge is -2.09. The van der Waals surface area contributed by atoms with Crippen molar-refractivity contribution in [1.29, 1.82) is 0 Å². The van der Waals surface area contributed by atoms with E-state index in [1.807, 2.05) is 0 Å². The maximum atomic E-state index is 5.55. The highest BCUT2D eigenvalue weighted by Gasteiger charge is 2.29. The molecule has 1 aliphatic carbocycles. The van der Waals surface area contributed by atoms with E-state index in [0.717, 1.165) is 12.1 Å². The SMILES string of the molecule is CC(C)c1c(CCN)nnn1C1CC1. The summed E-state index contributed by atoms with van der Waals surface area (Å²) >= 11 is 0. The summed E-state index contributed by atoms with van der Waals surface area (Å²) in [6, 6.07) is 0.617. The first-order chi connectivity index (χ1) is 6.74. The Labute approximate surface area is 84.5 Å². The monoisotopic (exact) mass is 194 g/mol. The van der Waals surface area contributed by atoms with Gasteiger partial charge in [-0.05, 0) is 25.3 Å². The van der Waals surface area contributed by atoms with E-state index in [2.05, 4.69) is 28.8 Å². The largest absolute Gasteiger partial charge is 0.330 e. The smallest absolute Gasteiger partial charge is 0.0874 e. The van der Waals surface area contributed by atoms with Crippen molar-refractivity contribution in [3.05, 3.63) is 11.4 Å².